The third kappa shape index (κ3) is 69.2. The van der Waals surface area contributed by atoms with Crippen LogP contribution in [0.5, 0.6) is 0 Å². The molecule has 0 aliphatic heterocycles. The summed E-state index contributed by atoms with van der Waals surface area (Å²) in [6.07, 6.45) is 82.6. The molecule has 0 aromatic heterocycles. The molecule has 2 atom stereocenters. The van der Waals surface area contributed by atoms with Crippen LogP contribution in [0.2, 0.25) is 0 Å². The molecule has 0 spiro atoms. The number of carbonyl (C=O) groups excluding carboxylic acids is 2. The summed E-state index contributed by atoms with van der Waals surface area (Å²) in [5.74, 6) is -0.775. The van der Waals surface area contributed by atoms with Crippen LogP contribution in [0.15, 0.2) is 36.5 Å². The molecule has 0 saturated carbocycles. The van der Waals surface area contributed by atoms with Crippen molar-refractivity contribution in [2.45, 2.75) is 373 Å². The first-order chi connectivity index (χ1) is 40.5. The summed E-state index contributed by atoms with van der Waals surface area (Å²) < 4.78 is 34.8. The van der Waals surface area contributed by atoms with Crippen molar-refractivity contribution < 1.29 is 42.1 Å². The van der Waals surface area contributed by atoms with Crippen molar-refractivity contribution in [2.75, 3.05) is 47.5 Å². The van der Waals surface area contributed by atoms with Crippen LogP contribution in [0.1, 0.15) is 367 Å². The highest BCUT2D eigenvalue weighted by Crippen LogP contribution is 2.43. The molecule has 0 aliphatic carbocycles. The summed E-state index contributed by atoms with van der Waals surface area (Å²) in [7, 11) is 1.50. The molecule has 0 amide bonds. The smallest absolute Gasteiger partial charge is 0.462 e. The summed E-state index contributed by atoms with van der Waals surface area (Å²) in [4.78, 5) is 35.9. The first-order valence-electron chi connectivity index (χ1n) is 36.2. The number of unbranched alkanes of at least 4 members (excludes halogenated alkanes) is 48. The topological polar surface area (TPSA) is 108 Å². The molecule has 83 heavy (non-hydrogen) atoms. The van der Waals surface area contributed by atoms with Gasteiger partial charge in [-0.3, -0.25) is 18.6 Å². The number of likely N-dealkylation sites (N-methyl/N-ethyl adjacent to an activating group) is 1. The van der Waals surface area contributed by atoms with E-state index in [0.717, 1.165) is 44.9 Å². The number of hydrogen-bond acceptors (Lipinski definition) is 7. The number of rotatable bonds is 68. The molecule has 0 rings (SSSR count). The molecule has 0 heterocycles. The molecule has 10 heteroatoms. The van der Waals surface area contributed by atoms with Gasteiger partial charge in [0.2, 0.25) is 0 Å². The highest BCUT2D eigenvalue weighted by molar-refractivity contribution is 7.47. The lowest BCUT2D eigenvalue weighted by Gasteiger charge is -2.24. The van der Waals surface area contributed by atoms with Crippen LogP contribution < -0.4 is 0 Å². The normalized spacial score (nSPS) is 13.3. The molecular formula is C73H141NO8P+. The van der Waals surface area contributed by atoms with Crippen molar-refractivity contribution in [1.29, 1.82) is 0 Å². The van der Waals surface area contributed by atoms with Crippen molar-refractivity contribution in [2.24, 2.45) is 0 Å². The van der Waals surface area contributed by atoms with Gasteiger partial charge >= 0.3 is 19.8 Å². The van der Waals surface area contributed by atoms with E-state index in [4.69, 9.17) is 18.5 Å². The fraction of sp³-hybridized carbons (Fsp3) is 0.890. The highest BCUT2D eigenvalue weighted by atomic mass is 31.2. The lowest BCUT2D eigenvalue weighted by Crippen LogP contribution is -2.37. The van der Waals surface area contributed by atoms with Crippen LogP contribution in [-0.2, 0) is 32.7 Å². The van der Waals surface area contributed by atoms with Crippen molar-refractivity contribution in [3.8, 4) is 0 Å². The van der Waals surface area contributed by atoms with E-state index in [1.807, 2.05) is 21.1 Å². The third-order valence-electron chi connectivity index (χ3n) is 16.4. The fourth-order valence-corrected chi connectivity index (χ4v) is 11.6. The largest absolute Gasteiger partial charge is 0.472 e. The van der Waals surface area contributed by atoms with Crippen molar-refractivity contribution in [3.05, 3.63) is 36.5 Å². The molecule has 490 valence electrons. The Morgan fingerprint density at radius 1 is 0.373 bits per heavy atom. The summed E-state index contributed by atoms with van der Waals surface area (Å²) in [6.45, 7) is 4.50. The van der Waals surface area contributed by atoms with Crippen LogP contribution in [0, 0.1) is 0 Å². The molecule has 0 aromatic carbocycles. The number of ether oxygens (including phenoxy) is 2. The zero-order chi connectivity index (χ0) is 60.5. The monoisotopic (exact) mass is 1190 g/mol. The van der Waals surface area contributed by atoms with Crippen LogP contribution in [-0.4, -0.2) is 74.9 Å². The Hall–Kier alpha value is -1.77. The van der Waals surface area contributed by atoms with Crippen LogP contribution in [0.25, 0.3) is 0 Å². The summed E-state index contributed by atoms with van der Waals surface area (Å²) in [6, 6.07) is 0. The second-order valence-corrected chi connectivity index (χ2v) is 27.4. The second-order valence-electron chi connectivity index (χ2n) is 26.0. The molecule has 9 nitrogen and oxygen atoms in total. The minimum atomic E-state index is -4.39. The number of hydrogen-bond donors (Lipinski definition) is 1. The quantitative estimate of drug-likeness (QED) is 0.0211. The zero-order valence-electron chi connectivity index (χ0n) is 56.0. The minimum Gasteiger partial charge on any atom is -0.462 e. The Bertz CT molecular complexity index is 1490. The maximum absolute atomic E-state index is 12.9. The van der Waals surface area contributed by atoms with Crippen LogP contribution in [0.3, 0.4) is 0 Å². The van der Waals surface area contributed by atoms with E-state index in [1.54, 1.807) is 0 Å². The van der Waals surface area contributed by atoms with Gasteiger partial charge in [-0.25, -0.2) is 4.57 Å². The first-order valence-corrected chi connectivity index (χ1v) is 37.7. The Kier molecular flexibility index (Phi) is 63.3. The average molecular weight is 1190 g/mol. The molecule has 0 radical (unpaired) electrons. The SMILES string of the molecule is CCCCCCC/C=C\C/C=C\C/C=C\CCCCCCCCCCCCCCCCCCC(=O)OC(COC(=O)CCCCCCCCCCCCCCCCCCCCCCCCCCCCCC)COP(=O)(O)OCC[N+](C)(C)C. The predicted molar refractivity (Wildman–Crippen MR) is 358 cm³/mol. The Balaban J connectivity index is 3.99. The summed E-state index contributed by atoms with van der Waals surface area (Å²) >= 11 is 0. The Morgan fingerprint density at radius 2 is 0.651 bits per heavy atom. The molecule has 1 N–H and O–H groups in total. The van der Waals surface area contributed by atoms with E-state index >= 15 is 0 Å². The Labute approximate surface area is 516 Å². The highest BCUT2D eigenvalue weighted by Gasteiger charge is 2.27. The van der Waals surface area contributed by atoms with Gasteiger partial charge in [0.1, 0.15) is 19.8 Å². The molecule has 0 bridgehead atoms. The van der Waals surface area contributed by atoms with Crippen molar-refractivity contribution in [1.82, 2.24) is 0 Å². The van der Waals surface area contributed by atoms with E-state index in [0.29, 0.717) is 23.9 Å². The number of carbonyl (C=O) groups is 2. The maximum Gasteiger partial charge on any atom is 0.472 e. The summed E-state index contributed by atoms with van der Waals surface area (Å²) in [5.41, 5.74) is 0. The number of quaternary nitrogens is 1. The van der Waals surface area contributed by atoms with E-state index in [2.05, 4.69) is 50.3 Å². The minimum absolute atomic E-state index is 0.0345. The van der Waals surface area contributed by atoms with E-state index < -0.39 is 26.5 Å². The van der Waals surface area contributed by atoms with Gasteiger partial charge in [0, 0.05) is 12.8 Å². The molecule has 0 fully saturated rings. The number of allylic oxidation sites excluding steroid dienone is 6. The van der Waals surface area contributed by atoms with Gasteiger partial charge < -0.3 is 18.9 Å². The number of nitrogens with zero attached hydrogens (tertiary/aromatic N) is 1. The molecule has 0 aliphatic rings. The predicted octanol–water partition coefficient (Wildman–Crippen LogP) is 23.4. The zero-order valence-corrected chi connectivity index (χ0v) is 56.9. The van der Waals surface area contributed by atoms with Crippen LogP contribution >= 0.6 is 7.82 Å². The number of esters is 2. The van der Waals surface area contributed by atoms with E-state index in [1.165, 1.54) is 289 Å². The van der Waals surface area contributed by atoms with Crippen molar-refractivity contribution >= 4 is 19.8 Å². The van der Waals surface area contributed by atoms with Gasteiger partial charge in [-0.15, -0.1) is 0 Å². The van der Waals surface area contributed by atoms with Gasteiger partial charge in [-0.05, 0) is 51.4 Å². The lowest BCUT2D eigenvalue weighted by molar-refractivity contribution is -0.870. The Morgan fingerprint density at radius 3 is 0.964 bits per heavy atom. The molecule has 2 unspecified atom stereocenters. The van der Waals surface area contributed by atoms with Gasteiger partial charge in [0.25, 0.3) is 0 Å². The average Bonchev–Trinajstić information content (AvgIpc) is 3.49. The molecular weight excluding hydrogens is 1050 g/mol. The summed E-state index contributed by atoms with van der Waals surface area (Å²) in [5, 5.41) is 0. The van der Waals surface area contributed by atoms with Gasteiger partial charge in [-0.1, -0.05) is 339 Å². The van der Waals surface area contributed by atoms with Gasteiger partial charge in [-0.2, -0.15) is 0 Å². The number of phosphoric acid groups is 1. The van der Waals surface area contributed by atoms with E-state index in [9.17, 15) is 19.0 Å². The standard InChI is InChI=1S/C73H140NO8P/c1-6-8-10-12-14-16-18-20-22-24-26-28-30-32-34-36-37-38-40-42-44-46-48-50-52-54-56-58-60-62-64-66-73(76)82-71(70-81-83(77,78)80-68-67-74(3,4)5)69-79-72(75)65-63-61-59-57-55-53-51-49-47-45-43-41-39-35-33-31-29-27-25-23-21-19-17-15-13-11-9-7-2/h18,20,24,26,30,32,71H,6-17,19,21-23,25,27-29,31,33-70H2,1-5H3/p+1/b20-18-,26-24-,32-30-. The lowest BCUT2D eigenvalue weighted by atomic mass is 10.0. The third-order valence-corrected chi connectivity index (χ3v) is 17.4. The van der Waals surface area contributed by atoms with Gasteiger partial charge in [0.15, 0.2) is 6.10 Å². The number of phosphoric ester groups is 1. The van der Waals surface area contributed by atoms with Crippen LogP contribution in [0.4, 0.5) is 0 Å². The molecule has 0 aromatic rings. The fourth-order valence-electron chi connectivity index (χ4n) is 10.9. The first kappa shape index (κ1) is 81.2. The van der Waals surface area contributed by atoms with E-state index in [-0.39, 0.29) is 25.6 Å². The second kappa shape index (κ2) is 64.7. The van der Waals surface area contributed by atoms with Crippen molar-refractivity contribution in [3.63, 3.8) is 0 Å². The van der Waals surface area contributed by atoms with Gasteiger partial charge in [0.05, 0.1) is 27.7 Å². The molecule has 0 saturated heterocycles. The maximum atomic E-state index is 12.9.